The van der Waals surface area contributed by atoms with Crippen molar-refractivity contribution in [3.05, 3.63) is 41.5 Å². The Kier molecular flexibility index (Phi) is 7.27. The van der Waals surface area contributed by atoms with Gasteiger partial charge in [-0.15, -0.1) is 0 Å². The lowest BCUT2D eigenvalue weighted by atomic mass is 9.33. The van der Waals surface area contributed by atoms with Crippen LogP contribution in [-0.2, 0) is 4.79 Å². The molecular weight excluding hydrogens is 520 g/mol. The fourth-order valence-electron chi connectivity index (χ4n) is 12.3. The molecular formula is C37H54N2O3. The SMILES string of the molecule is CC(=O)NCCNC12CCCC1C1CCC3C4(C)CC=C(c5ccc(C(=O)O)cc5)C(C)(C)C4CCC3(C)[C@]1(C)CC2. The van der Waals surface area contributed by atoms with Gasteiger partial charge in [0, 0.05) is 25.6 Å². The number of benzene rings is 1. The molecule has 230 valence electrons. The monoisotopic (exact) mass is 574 g/mol. The number of amides is 1. The van der Waals surface area contributed by atoms with Gasteiger partial charge < -0.3 is 15.7 Å². The minimum absolute atomic E-state index is 0.0435. The molecule has 0 bridgehead atoms. The molecule has 5 aliphatic carbocycles. The van der Waals surface area contributed by atoms with Gasteiger partial charge in [0.1, 0.15) is 0 Å². The van der Waals surface area contributed by atoms with Crippen LogP contribution in [0.4, 0.5) is 0 Å². The zero-order valence-electron chi connectivity index (χ0n) is 26.9. The van der Waals surface area contributed by atoms with Crippen molar-refractivity contribution in [1.82, 2.24) is 10.6 Å². The largest absolute Gasteiger partial charge is 0.478 e. The van der Waals surface area contributed by atoms with Crippen molar-refractivity contribution in [1.29, 1.82) is 0 Å². The second-order valence-electron chi connectivity index (χ2n) is 16.2. The molecule has 5 nitrogen and oxygen atoms in total. The predicted octanol–water partition coefficient (Wildman–Crippen LogP) is 7.71. The highest BCUT2D eigenvalue weighted by Crippen LogP contribution is 2.76. The molecule has 0 heterocycles. The predicted molar refractivity (Wildman–Crippen MR) is 169 cm³/mol. The maximum atomic E-state index is 11.5. The number of allylic oxidation sites excluding steroid dienone is 2. The third kappa shape index (κ3) is 4.26. The summed E-state index contributed by atoms with van der Waals surface area (Å²) < 4.78 is 0. The van der Waals surface area contributed by atoms with Crippen LogP contribution in [-0.4, -0.2) is 35.6 Å². The maximum Gasteiger partial charge on any atom is 0.335 e. The fraction of sp³-hybridized carbons (Fsp3) is 0.730. The van der Waals surface area contributed by atoms with Gasteiger partial charge in [0.15, 0.2) is 0 Å². The van der Waals surface area contributed by atoms with Crippen LogP contribution in [0.1, 0.15) is 122 Å². The van der Waals surface area contributed by atoms with Gasteiger partial charge in [-0.1, -0.05) is 59.2 Å². The summed E-state index contributed by atoms with van der Waals surface area (Å²) in [5, 5.41) is 16.4. The molecule has 1 aromatic carbocycles. The van der Waals surface area contributed by atoms with Gasteiger partial charge in [0.05, 0.1) is 5.56 Å². The quantitative estimate of drug-likeness (QED) is 0.304. The Balaban J connectivity index is 1.27. The van der Waals surface area contributed by atoms with E-state index in [2.05, 4.69) is 51.3 Å². The van der Waals surface area contributed by atoms with E-state index in [0.717, 1.165) is 37.3 Å². The van der Waals surface area contributed by atoms with Crippen molar-refractivity contribution in [2.45, 2.75) is 111 Å². The van der Waals surface area contributed by atoms with Crippen molar-refractivity contribution in [2.24, 2.45) is 45.3 Å². The molecule has 7 unspecified atom stereocenters. The summed E-state index contributed by atoms with van der Waals surface area (Å²) in [6.45, 7) is 16.2. The van der Waals surface area contributed by atoms with E-state index in [-0.39, 0.29) is 22.3 Å². The number of hydrogen-bond donors (Lipinski definition) is 3. The van der Waals surface area contributed by atoms with E-state index >= 15 is 0 Å². The average molecular weight is 575 g/mol. The second kappa shape index (κ2) is 10.2. The Labute approximate surface area is 253 Å². The average Bonchev–Trinajstić information content (AvgIpc) is 3.35. The zero-order valence-corrected chi connectivity index (χ0v) is 26.9. The summed E-state index contributed by atoms with van der Waals surface area (Å²) in [7, 11) is 0. The Morgan fingerprint density at radius 2 is 1.57 bits per heavy atom. The summed E-state index contributed by atoms with van der Waals surface area (Å²) in [4.78, 5) is 22.9. The standard InChI is InChI=1S/C37H54N2O3/c1-24(40)38-22-23-39-37-17-7-8-29(37)28-13-14-31-34(4)18-15-27(25-9-11-26(12-10-25)32(41)42)33(2,3)30(34)16-19-36(31,6)35(28,5)20-21-37/h9-12,15,28-31,39H,7-8,13-14,16-23H2,1-6H3,(H,38,40)(H,41,42)/t28?,29?,30?,31?,34?,35-,36?,37?/m1/s1. The van der Waals surface area contributed by atoms with E-state index in [1.54, 1.807) is 19.1 Å². The summed E-state index contributed by atoms with van der Waals surface area (Å²) in [5.74, 6) is 2.07. The number of carbonyl (C=O) groups excluding carboxylic acids is 1. The molecule has 0 saturated heterocycles. The molecule has 4 saturated carbocycles. The topological polar surface area (TPSA) is 78.4 Å². The molecule has 0 aromatic heterocycles. The first kappa shape index (κ1) is 29.9. The van der Waals surface area contributed by atoms with Gasteiger partial charge in [-0.05, 0) is 126 Å². The third-order valence-corrected chi connectivity index (χ3v) is 14.4. The maximum absolute atomic E-state index is 11.5. The van der Waals surface area contributed by atoms with Crippen LogP contribution >= 0.6 is 0 Å². The highest BCUT2D eigenvalue weighted by Gasteiger charge is 2.69. The number of nitrogens with one attached hydrogen (secondary N) is 2. The number of carboxylic acids is 1. The smallest absolute Gasteiger partial charge is 0.335 e. The Hall–Kier alpha value is -2.14. The van der Waals surface area contributed by atoms with Gasteiger partial charge in [-0.25, -0.2) is 4.79 Å². The molecule has 0 radical (unpaired) electrons. The van der Waals surface area contributed by atoms with Crippen molar-refractivity contribution in [3.63, 3.8) is 0 Å². The van der Waals surface area contributed by atoms with E-state index in [1.807, 2.05) is 12.1 Å². The molecule has 1 amide bonds. The van der Waals surface area contributed by atoms with Crippen LogP contribution in [0.2, 0.25) is 0 Å². The van der Waals surface area contributed by atoms with Gasteiger partial charge in [0.2, 0.25) is 5.91 Å². The van der Waals surface area contributed by atoms with E-state index < -0.39 is 5.97 Å². The normalized spacial score (nSPS) is 41.9. The molecule has 42 heavy (non-hydrogen) atoms. The van der Waals surface area contributed by atoms with Crippen LogP contribution in [0.5, 0.6) is 0 Å². The summed E-state index contributed by atoms with van der Waals surface area (Å²) >= 11 is 0. The molecule has 5 heteroatoms. The highest BCUT2D eigenvalue weighted by atomic mass is 16.4. The Bertz CT molecular complexity index is 1270. The second-order valence-corrected chi connectivity index (χ2v) is 16.2. The number of carbonyl (C=O) groups is 2. The van der Waals surface area contributed by atoms with Gasteiger partial charge in [-0.2, -0.15) is 0 Å². The molecule has 5 aliphatic rings. The molecule has 0 aliphatic heterocycles. The van der Waals surface area contributed by atoms with Crippen LogP contribution in [0, 0.1) is 45.3 Å². The third-order valence-electron chi connectivity index (χ3n) is 14.4. The minimum atomic E-state index is -0.861. The molecule has 1 aromatic rings. The fourth-order valence-corrected chi connectivity index (χ4v) is 12.3. The number of carboxylic acid groups (broad SMARTS) is 1. The van der Waals surface area contributed by atoms with Crippen LogP contribution in [0.15, 0.2) is 30.3 Å². The first-order valence-corrected chi connectivity index (χ1v) is 16.8. The van der Waals surface area contributed by atoms with Crippen LogP contribution < -0.4 is 10.6 Å². The lowest BCUT2D eigenvalue weighted by Gasteiger charge is -2.72. The minimum Gasteiger partial charge on any atom is -0.478 e. The molecule has 0 spiro atoms. The first-order chi connectivity index (χ1) is 19.8. The van der Waals surface area contributed by atoms with Gasteiger partial charge >= 0.3 is 5.97 Å². The summed E-state index contributed by atoms with van der Waals surface area (Å²) in [5.41, 5.74) is 4.23. The van der Waals surface area contributed by atoms with Crippen molar-refractivity contribution in [2.75, 3.05) is 13.1 Å². The Morgan fingerprint density at radius 3 is 2.26 bits per heavy atom. The van der Waals surface area contributed by atoms with Crippen molar-refractivity contribution < 1.29 is 14.7 Å². The number of rotatable bonds is 6. The lowest BCUT2D eigenvalue weighted by Crippen LogP contribution is -2.67. The van der Waals surface area contributed by atoms with Crippen LogP contribution in [0.25, 0.3) is 5.57 Å². The van der Waals surface area contributed by atoms with E-state index in [4.69, 9.17) is 0 Å². The molecule has 6 rings (SSSR count). The first-order valence-electron chi connectivity index (χ1n) is 16.8. The number of fused-ring (bicyclic) bond motifs is 7. The van der Waals surface area contributed by atoms with Gasteiger partial charge in [0.25, 0.3) is 0 Å². The zero-order chi connectivity index (χ0) is 30.1. The Morgan fingerprint density at radius 1 is 0.833 bits per heavy atom. The lowest BCUT2D eigenvalue weighted by molar-refractivity contribution is -0.216. The molecule has 3 N–H and O–H groups in total. The van der Waals surface area contributed by atoms with Crippen LogP contribution in [0.3, 0.4) is 0 Å². The van der Waals surface area contributed by atoms with E-state index in [1.165, 1.54) is 68.9 Å². The molecule has 8 atom stereocenters. The van der Waals surface area contributed by atoms with E-state index in [0.29, 0.717) is 22.3 Å². The summed E-state index contributed by atoms with van der Waals surface area (Å²) in [6, 6.07) is 7.59. The van der Waals surface area contributed by atoms with Crippen molar-refractivity contribution in [3.8, 4) is 0 Å². The highest BCUT2D eigenvalue weighted by molar-refractivity contribution is 5.88. The van der Waals surface area contributed by atoms with Gasteiger partial charge in [-0.3, -0.25) is 4.79 Å². The molecule has 4 fully saturated rings. The van der Waals surface area contributed by atoms with E-state index in [9.17, 15) is 14.7 Å². The summed E-state index contributed by atoms with van der Waals surface area (Å²) in [6.07, 6.45) is 15.5. The number of aromatic carboxylic acids is 1. The number of hydrogen-bond acceptors (Lipinski definition) is 3. The van der Waals surface area contributed by atoms with Crippen molar-refractivity contribution >= 4 is 17.4 Å².